The number of aromatic nitrogens is 2. The highest BCUT2D eigenvalue weighted by atomic mass is 16.5. The summed E-state index contributed by atoms with van der Waals surface area (Å²) in [6.07, 6.45) is 5.79. The quantitative estimate of drug-likeness (QED) is 0.802. The average molecular weight is 353 g/mol. The molecule has 1 atom stereocenters. The molecule has 2 aromatic rings. The van der Waals surface area contributed by atoms with Crippen molar-refractivity contribution in [1.82, 2.24) is 14.7 Å². The van der Waals surface area contributed by atoms with Crippen LogP contribution in [-0.4, -0.2) is 40.3 Å². The van der Waals surface area contributed by atoms with Gasteiger partial charge in [-0.3, -0.25) is 9.48 Å². The minimum Gasteiger partial charge on any atom is -0.379 e. The summed E-state index contributed by atoms with van der Waals surface area (Å²) in [7, 11) is 1.96. The van der Waals surface area contributed by atoms with Gasteiger partial charge in [0.2, 0.25) is 5.91 Å². The minimum absolute atomic E-state index is 0.0389. The Hall–Kier alpha value is -2.14. The Bertz CT molecular complexity index is 777. The number of hydrogen-bond donors (Lipinski definition) is 0. The molecular weight excluding hydrogens is 326 g/mol. The number of carbonyl (C=O) groups excluding carboxylic acids is 1. The lowest BCUT2D eigenvalue weighted by atomic mass is 9.99. The third-order valence-corrected chi connectivity index (χ3v) is 5.50. The van der Waals surface area contributed by atoms with Crippen molar-refractivity contribution in [3.63, 3.8) is 0 Å². The van der Waals surface area contributed by atoms with Crippen LogP contribution in [0.2, 0.25) is 0 Å². The zero-order valence-electron chi connectivity index (χ0n) is 15.6. The minimum atomic E-state index is -0.0389. The second-order valence-electron chi connectivity index (χ2n) is 7.67. The molecule has 1 aliphatic carbocycles. The lowest BCUT2D eigenvalue weighted by Gasteiger charge is -2.36. The van der Waals surface area contributed by atoms with Crippen LogP contribution < -0.4 is 0 Å². The van der Waals surface area contributed by atoms with Crippen LogP contribution in [0.3, 0.4) is 0 Å². The highest BCUT2D eigenvalue weighted by Gasteiger charge is 2.34. The standard InChI is InChI=1S/C21H27N3O2/c1-15-3-5-16(6-4-15)11-20(25)24-10-9-18-12-22-23(2)21(18)19(24)14-26-13-17-7-8-17/h3-6,12,17,19H,7-11,13-14H2,1-2H3/t19-/m0/s1. The second-order valence-corrected chi connectivity index (χ2v) is 7.67. The van der Waals surface area contributed by atoms with Gasteiger partial charge in [-0.15, -0.1) is 0 Å². The third-order valence-electron chi connectivity index (χ3n) is 5.50. The van der Waals surface area contributed by atoms with Crippen LogP contribution in [0.1, 0.15) is 41.3 Å². The summed E-state index contributed by atoms with van der Waals surface area (Å²) in [6, 6.07) is 8.18. The molecule has 2 aliphatic rings. The van der Waals surface area contributed by atoms with Gasteiger partial charge < -0.3 is 9.64 Å². The Kier molecular flexibility index (Phi) is 4.81. The molecule has 1 amide bonds. The van der Waals surface area contributed by atoms with Gasteiger partial charge in [-0.25, -0.2) is 0 Å². The van der Waals surface area contributed by atoms with E-state index < -0.39 is 0 Å². The summed E-state index contributed by atoms with van der Waals surface area (Å²) in [4.78, 5) is 15.1. The molecule has 0 spiro atoms. The highest BCUT2D eigenvalue weighted by molar-refractivity contribution is 5.79. The smallest absolute Gasteiger partial charge is 0.227 e. The lowest BCUT2D eigenvalue weighted by molar-refractivity contribution is -0.135. The van der Waals surface area contributed by atoms with Crippen LogP contribution in [0.15, 0.2) is 30.5 Å². The van der Waals surface area contributed by atoms with Crippen LogP contribution in [-0.2, 0) is 29.4 Å². The molecule has 138 valence electrons. The van der Waals surface area contributed by atoms with Gasteiger partial charge in [0, 0.05) is 20.2 Å². The van der Waals surface area contributed by atoms with E-state index in [2.05, 4.69) is 24.2 Å². The van der Waals surface area contributed by atoms with E-state index in [0.717, 1.165) is 36.7 Å². The van der Waals surface area contributed by atoms with E-state index in [1.54, 1.807) is 0 Å². The van der Waals surface area contributed by atoms with E-state index in [9.17, 15) is 4.79 Å². The number of rotatable bonds is 6. The number of nitrogens with zero attached hydrogens (tertiary/aromatic N) is 3. The van der Waals surface area contributed by atoms with E-state index in [1.165, 1.54) is 24.0 Å². The largest absolute Gasteiger partial charge is 0.379 e. The van der Waals surface area contributed by atoms with Gasteiger partial charge in [0.25, 0.3) is 0 Å². The molecule has 1 aromatic heterocycles. The Balaban J connectivity index is 1.51. The first-order chi connectivity index (χ1) is 12.6. The van der Waals surface area contributed by atoms with Gasteiger partial charge in [-0.2, -0.15) is 5.10 Å². The molecule has 26 heavy (non-hydrogen) atoms. The van der Waals surface area contributed by atoms with Gasteiger partial charge in [-0.1, -0.05) is 29.8 Å². The predicted octanol–water partition coefficient (Wildman–Crippen LogP) is 2.82. The normalized spacial score (nSPS) is 19.5. The van der Waals surface area contributed by atoms with Crippen molar-refractivity contribution in [3.8, 4) is 0 Å². The monoisotopic (exact) mass is 353 g/mol. The van der Waals surface area contributed by atoms with E-state index in [0.29, 0.717) is 13.0 Å². The molecule has 2 heterocycles. The fraction of sp³-hybridized carbons (Fsp3) is 0.524. The molecule has 0 unspecified atom stereocenters. The molecule has 1 aromatic carbocycles. The number of hydrogen-bond acceptors (Lipinski definition) is 3. The molecule has 1 fully saturated rings. The lowest BCUT2D eigenvalue weighted by Crippen LogP contribution is -2.43. The number of amides is 1. The highest BCUT2D eigenvalue weighted by Crippen LogP contribution is 2.32. The first-order valence-electron chi connectivity index (χ1n) is 9.55. The number of fused-ring (bicyclic) bond motifs is 1. The predicted molar refractivity (Wildman–Crippen MR) is 99.8 cm³/mol. The molecule has 4 rings (SSSR count). The number of carbonyl (C=O) groups is 1. The summed E-state index contributed by atoms with van der Waals surface area (Å²) >= 11 is 0. The van der Waals surface area contributed by atoms with Crippen molar-refractivity contribution in [3.05, 3.63) is 52.8 Å². The van der Waals surface area contributed by atoms with Crippen molar-refractivity contribution in [2.24, 2.45) is 13.0 Å². The molecule has 1 saturated carbocycles. The van der Waals surface area contributed by atoms with Crippen molar-refractivity contribution in [2.75, 3.05) is 19.8 Å². The summed E-state index contributed by atoms with van der Waals surface area (Å²) in [6.45, 7) is 4.17. The molecular formula is C21H27N3O2. The maximum atomic E-state index is 13.1. The van der Waals surface area contributed by atoms with Gasteiger partial charge >= 0.3 is 0 Å². The first kappa shape index (κ1) is 17.3. The molecule has 1 aliphatic heterocycles. The van der Waals surface area contributed by atoms with Crippen LogP contribution in [0, 0.1) is 12.8 Å². The summed E-state index contributed by atoms with van der Waals surface area (Å²) < 4.78 is 7.90. The van der Waals surface area contributed by atoms with Crippen LogP contribution in [0.4, 0.5) is 0 Å². The summed E-state index contributed by atoms with van der Waals surface area (Å²) in [5.41, 5.74) is 4.65. The van der Waals surface area contributed by atoms with Gasteiger partial charge in [0.15, 0.2) is 0 Å². The zero-order chi connectivity index (χ0) is 18.1. The average Bonchev–Trinajstić information content (AvgIpc) is 3.38. The van der Waals surface area contributed by atoms with Gasteiger partial charge in [-0.05, 0) is 43.2 Å². The Morgan fingerprint density at radius 1 is 1.23 bits per heavy atom. The molecule has 0 bridgehead atoms. The zero-order valence-corrected chi connectivity index (χ0v) is 15.6. The van der Waals surface area contributed by atoms with Crippen molar-refractivity contribution >= 4 is 5.91 Å². The van der Waals surface area contributed by atoms with Crippen LogP contribution in [0.25, 0.3) is 0 Å². The molecule has 0 radical (unpaired) electrons. The van der Waals surface area contributed by atoms with Crippen LogP contribution in [0.5, 0.6) is 0 Å². The van der Waals surface area contributed by atoms with E-state index in [4.69, 9.17) is 4.74 Å². The first-order valence-corrected chi connectivity index (χ1v) is 9.55. The Morgan fingerprint density at radius 2 is 2.00 bits per heavy atom. The van der Waals surface area contributed by atoms with Gasteiger partial charge in [0.05, 0.1) is 31.0 Å². The Morgan fingerprint density at radius 3 is 2.73 bits per heavy atom. The summed E-state index contributed by atoms with van der Waals surface area (Å²) in [5, 5.41) is 4.41. The SMILES string of the molecule is Cc1ccc(CC(=O)N2CCc3cnn(C)c3[C@@H]2COCC2CC2)cc1. The second kappa shape index (κ2) is 7.23. The third kappa shape index (κ3) is 3.68. The van der Waals surface area contributed by atoms with Gasteiger partial charge in [0.1, 0.15) is 0 Å². The number of aryl methyl sites for hydroxylation is 2. The van der Waals surface area contributed by atoms with Crippen molar-refractivity contribution in [2.45, 2.75) is 38.6 Å². The molecule has 5 nitrogen and oxygen atoms in total. The van der Waals surface area contributed by atoms with Crippen molar-refractivity contribution in [1.29, 1.82) is 0 Å². The molecule has 0 N–H and O–H groups in total. The van der Waals surface area contributed by atoms with Crippen LogP contribution >= 0.6 is 0 Å². The van der Waals surface area contributed by atoms with E-state index in [-0.39, 0.29) is 11.9 Å². The fourth-order valence-corrected chi connectivity index (χ4v) is 3.74. The number of benzene rings is 1. The van der Waals surface area contributed by atoms with E-state index >= 15 is 0 Å². The number of ether oxygens (including phenoxy) is 1. The fourth-order valence-electron chi connectivity index (χ4n) is 3.74. The maximum absolute atomic E-state index is 13.1. The summed E-state index contributed by atoms with van der Waals surface area (Å²) in [5.74, 6) is 0.891. The Labute approximate surface area is 154 Å². The topological polar surface area (TPSA) is 47.4 Å². The maximum Gasteiger partial charge on any atom is 0.227 e. The molecule has 5 heteroatoms. The molecule has 0 saturated heterocycles. The van der Waals surface area contributed by atoms with E-state index in [1.807, 2.05) is 35.0 Å². The van der Waals surface area contributed by atoms with Crippen molar-refractivity contribution < 1.29 is 9.53 Å².